The van der Waals surface area contributed by atoms with Gasteiger partial charge in [-0.1, -0.05) is 82.9 Å². The van der Waals surface area contributed by atoms with E-state index in [4.69, 9.17) is 32.7 Å². The maximum Gasteiger partial charge on any atom is 0.282 e. The number of rotatable bonds is 13. The molecule has 1 heterocycles. The highest BCUT2D eigenvalue weighted by Crippen LogP contribution is 2.39. The number of nitrogens with zero attached hydrogens (tertiary/aromatic N) is 4. The Morgan fingerprint density at radius 3 is 2.22 bits per heavy atom. The molecule has 1 aliphatic rings. The van der Waals surface area contributed by atoms with Crippen LogP contribution in [0.4, 0.5) is 17.1 Å². The first-order valence-corrected chi connectivity index (χ1v) is 19.5. The lowest BCUT2D eigenvalue weighted by Crippen LogP contribution is -2.39. The summed E-state index contributed by atoms with van der Waals surface area (Å²) in [6, 6.07) is 21.2. The second-order valence-electron chi connectivity index (χ2n) is 14.2. The Bertz CT molecular complexity index is 2130. The molecule has 0 saturated heterocycles. The van der Waals surface area contributed by atoms with Crippen molar-refractivity contribution < 1.29 is 23.9 Å². The third kappa shape index (κ3) is 9.83. The number of hydrogen-bond donors (Lipinski definition) is 2. The average molecular weight is 898 g/mol. The van der Waals surface area contributed by atoms with Gasteiger partial charge in [0.2, 0.25) is 6.04 Å². The predicted octanol–water partition coefficient (Wildman–Crippen LogP) is 10.2. The van der Waals surface area contributed by atoms with Crippen LogP contribution in [0.3, 0.4) is 0 Å². The van der Waals surface area contributed by atoms with E-state index in [1.54, 1.807) is 61.7 Å². The van der Waals surface area contributed by atoms with Gasteiger partial charge in [0.15, 0.2) is 12.4 Å². The number of amidine groups is 1. The van der Waals surface area contributed by atoms with Crippen molar-refractivity contribution >= 4 is 86.4 Å². The normalized spacial score (nSPS) is 14.6. The topological polar surface area (TPSA) is 134 Å². The molecular formula is C41H43Cl2IN6O5. The summed E-state index contributed by atoms with van der Waals surface area (Å²) in [4.78, 5) is 40.6. The fraction of sp³-hybridized carbons (Fsp3) is 0.317. The zero-order valence-corrected chi connectivity index (χ0v) is 35.3. The highest BCUT2D eigenvalue weighted by Gasteiger charge is 2.40. The van der Waals surface area contributed by atoms with E-state index in [9.17, 15) is 14.4 Å². The van der Waals surface area contributed by atoms with Crippen LogP contribution >= 0.6 is 45.8 Å². The molecule has 55 heavy (non-hydrogen) atoms. The van der Waals surface area contributed by atoms with Crippen LogP contribution in [-0.2, 0) is 20.4 Å². The molecule has 0 fully saturated rings. The van der Waals surface area contributed by atoms with Crippen molar-refractivity contribution in [2.45, 2.75) is 71.3 Å². The molecule has 11 nitrogen and oxygen atoms in total. The first kappa shape index (κ1) is 41.6. The third-order valence-corrected chi connectivity index (χ3v) is 10.9. The number of hydrazone groups is 1. The number of methoxy groups -OCH3 is 1. The first-order chi connectivity index (χ1) is 26.1. The number of anilines is 2. The summed E-state index contributed by atoms with van der Waals surface area (Å²) < 4.78 is 12.1. The largest absolute Gasteiger partial charge is 0.497 e. The lowest BCUT2D eigenvalue weighted by molar-refractivity contribution is -0.118. The number of carbonyl (C=O) groups is 3. The summed E-state index contributed by atoms with van der Waals surface area (Å²) >= 11 is 15.1. The minimum Gasteiger partial charge on any atom is -0.497 e. The highest BCUT2D eigenvalue weighted by atomic mass is 127. The van der Waals surface area contributed by atoms with E-state index in [2.05, 4.69) is 102 Å². The van der Waals surface area contributed by atoms with Crippen molar-refractivity contribution in [3.8, 4) is 11.5 Å². The molecule has 4 aromatic carbocycles. The minimum absolute atomic E-state index is 0.00435. The van der Waals surface area contributed by atoms with Gasteiger partial charge in [0.05, 0.1) is 22.8 Å². The smallest absolute Gasteiger partial charge is 0.282 e. The van der Waals surface area contributed by atoms with E-state index in [1.165, 1.54) is 11.6 Å². The first-order valence-electron chi connectivity index (χ1n) is 17.7. The molecule has 2 N–H and O–H groups in total. The Hall–Kier alpha value is -4.53. The average Bonchev–Trinajstić information content (AvgIpc) is 3.45. The van der Waals surface area contributed by atoms with E-state index in [-0.39, 0.29) is 44.6 Å². The van der Waals surface area contributed by atoms with Crippen LogP contribution in [0.2, 0.25) is 10.0 Å². The standard InChI is InChI=1S/C41H43Cl2IN6O5/c1-8-40(3,4)25-13-18-33(30(20-25)41(5,6)9-2)55-23-34(51)45-28-12-10-11-24(19-28)38(52)46-37-35(48-47-27-14-16-29(54-7)17-15-27)39(53)50(49-37)36-31(42)21-26(44)22-32(36)43/h10-22,35H,8-9,23H2,1-7H3,(H,45,51)(H,46,49,52). The summed E-state index contributed by atoms with van der Waals surface area (Å²) in [6.07, 6.45) is 1.87. The van der Waals surface area contributed by atoms with Crippen LogP contribution in [0.15, 0.2) is 94.2 Å². The number of benzene rings is 4. The molecule has 14 heteroatoms. The summed E-state index contributed by atoms with van der Waals surface area (Å²) in [5, 5.41) is 19.8. The maximum atomic E-state index is 13.8. The highest BCUT2D eigenvalue weighted by molar-refractivity contribution is 14.1. The lowest BCUT2D eigenvalue weighted by atomic mass is 9.76. The number of amides is 3. The molecule has 0 spiro atoms. The SMILES string of the molecule is CCC(C)(C)c1ccc(OCC(=O)Nc2cccc(C(=O)NC3=NN(c4c(Cl)cc(I)cc4Cl)C(=O)C3N=Nc3ccc(OC)cc3)c2)c(C(C)(C)CC)c1. The molecule has 5 rings (SSSR count). The number of nitrogens with one attached hydrogen (secondary N) is 2. The second-order valence-corrected chi connectivity index (χ2v) is 16.3. The Balaban J connectivity index is 1.34. The lowest BCUT2D eigenvalue weighted by Gasteiger charge is -2.30. The van der Waals surface area contributed by atoms with Crippen molar-refractivity contribution in [2.24, 2.45) is 15.3 Å². The molecule has 1 unspecified atom stereocenters. The molecule has 3 amide bonds. The van der Waals surface area contributed by atoms with Crippen molar-refractivity contribution in [3.05, 3.63) is 109 Å². The number of azo groups is 1. The van der Waals surface area contributed by atoms with E-state index >= 15 is 0 Å². The van der Waals surface area contributed by atoms with Gasteiger partial charge in [-0.05, 0) is 112 Å². The van der Waals surface area contributed by atoms with Crippen LogP contribution in [0, 0.1) is 3.57 Å². The molecule has 288 valence electrons. The molecule has 0 bridgehead atoms. The molecular weight excluding hydrogens is 854 g/mol. The predicted molar refractivity (Wildman–Crippen MR) is 227 cm³/mol. The number of ether oxygens (including phenoxy) is 2. The summed E-state index contributed by atoms with van der Waals surface area (Å²) in [5.74, 6) is -0.461. The minimum atomic E-state index is -1.33. The van der Waals surface area contributed by atoms with Crippen LogP contribution < -0.4 is 25.1 Å². The quantitative estimate of drug-likeness (QED) is 0.102. The fourth-order valence-electron chi connectivity index (χ4n) is 5.58. The third-order valence-electron chi connectivity index (χ3n) is 9.73. The Morgan fingerprint density at radius 2 is 1.58 bits per heavy atom. The Morgan fingerprint density at radius 1 is 0.909 bits per heavy atom. The van der Waals surface area contributed by atoms with Gasteiger partial charge in [0.1, 0.15) is 17.2 Å². The van der Waals surface area contributed by atoms with Crippen LogP contribution in [0.1, 0.15) is 75.9 Å². The Kier molecular flexibility index (Phi) is 13.3. The van der Waals surface area contributed by atoms with Crippen LogP contribution in [0.5, 0.6) is 11.5 Å². The van der Waals surface area contributed by atoms with Crippen LogP contribution in [0.25, 0.3) is 0 Å². The molecule has 0 aliphatic carbocycles. The van der Waals surface area contributed by atoms with Crippen molar-refractivity contribution in [1.82, 2.24) is 5.32 Å². The molecule has 1 aliphatic heterocycles. The van der Waals surface area contributed by atoms with Gasteiger partial charge in [-0.15, -0.1) is 5.10 Å². The zero-order valence-electron chi connectivity index (χ0n) is 31.7. The summed E-state index contributed by atoms with van der Waals surface area (Å²) in [7, 11) is 1.55. The fourth-order valence-corrected chi connectivity index (χ4v) is 7.22. The maximum absolute atomic E-state index is 13.8. The van der Waals surface area contributed by atoms with Crippen LogP contribution in [-0.4, -0.2) is 43.3 Å². The van der Waals surface area contributed by atoms with E-state index < -0.39 is 23.8 Å². The van der Waals surface area contributed by atoms with Crippen molar-refractivity contribution in [2.75, 3.05) is 24.0 Å². The number of hydrogen-bond acceptors (Lipinski definition) is 8. The molecule has 1 atom stereocenters. The van der Waals surface area contributed by atoms with Gasteiger partial charge in [0.25, 0.3) is 17.7 Å². The second kappa shape index (κ2) is 17.5. The molecule has 0 radical (unpaired) electrons. The zero-order chi connectivity index (χ0) is 40.1. The van der Waals surface area contributed by atoms with Gasteiger partial charge >= 0.3 is 0 Å². The van der Waals surface area contributed by atoms with E-state index in [0.717, 1.165) is 27.0 Å². The molecule has 0 aromatic heterocycles. The van der Waals surface area contributed by atoms with Gasteiger partial charge in [-0.3, -0.25) is 14.4 Å². The van der Waals surface area contributed by atoms with Gasteiger partial charge in [-0.2, -0.15) is 15.2 Å². The van der Waals surface area contributed by atoms with Crippen molar-refractivity contribution in [1.29, 1.82) is 0 Å². The summed E-state index contributed by atoms with van der Waals surface area (Å²) in [6.45, 7) is 12.8. The van der Waals surface area contributed by atoms with Gasteiger partial charge in [-0.25, -0.2) is 0 Å². The molecule has 0 saturated carbocycles. The van der Waals surface area contributed by atoms with Crippen molar-refractivity contribution in [3.63, 3.8) is 0 Å². The van der Waals surface area contributed by atoms with E-state index in [0.29, 0.717) is 22.9 Å². The van der Waals surface area contributed by atoms with Gasteiger partial charge < -0.3 is 20.1 Å². The molecule has 4 aromatic rings. The Labute approximate surface area is 345 Å². The number of halogens is 3. The monoisotopic (exact) mass is 896 g/mol. The number of carbonyl (C=O) groups excluding carboxylic acids is 3. The van der Waals surface area contributed by atoms with Gasteiger partial charge in [0, 0.05) is 20.4 Å². The van der Waals surface area contributed by atoms with E-state index in [1.807, 2.05) is 6.07 Å². The summed E-state index contributed by atoms with van der Waals surface area (Å²) in [5.41, 5.74) is 3.22.